The van der Waals surface area contributed by atoms with Gasteiger partial charge in [0.05, 0.1) is 17.3 Å². The van der Waals surface area contributed by atoms with Crippen LogP contribution in [0.4, 0.5) is 9.18 Å². The number of aromatic nitrogens is 3. The molecular formula is C21H21Cl2FN4O2S. The Hall–Kier alpha value is -2.29. The van der Waals surface area contributed by atoms with Gasteiger partial charge in [-0.3, -0.25) is 0 Å². The monoisotopic (exact) mass is 482 g/mol. The van der Waals surface area contributed by atoms with Crippen molar-refractivity contribution in [2.24, 2.45) is 5.41 Å². The highest BCUT2D eigenvalue weighted by Gasteiger charge is 2.23. The summed E-state index contributed by atoms with van der Waals surface area (Å²) in [6.45, 7) is 6.26. The summed E-state index contributed by atoms with van der Waals surface area (Å²) in [5, 5.41) is 15.0. The van der Waals surface area contributed by atoms with Crippen LogP contribution in [0.1, 0.15) is 26.5 Å². The molecule has 3 aromatic rings. The Balaban J connectivity index is 2.01. The van der Waals surface area contributed by atoms with Gasteiger partial charge in [-0.2, -0.15) is 5.10 Å². The Morgan fingerprint density at radius 3 is 2.61 bits per heavy atom. The fraction of sp³-hybridized carbons (Fsp3) is 0.286. The van der Waals surface area contributed by atoms with Gasteiger partial charge < -0.3 is 10.0 Å². The quantitative estimate of drug-likeness (QED) is 0.412. The molecule has 0 unspecified atom stereocenters. The first-order valence-corrected chi connectivity index (χ1v) is 10.9. The average Bonchev–Trinajstić information content (AvgIpc) is 3.06. The lowest BCUT2D eigenvalue weighted by atomic mass is 9.96. The van der Waals surface area contributed by atoms with Gasteiger partial charge in [-0.15, -0.1) is 0 Å². The first-order chi connectivity index (χ1) is 14.5. The molecule has 2 aromatic heterocycles. The van der Waals surface area contributed by atoms with Crippen molar-refractivity contribution in [3.63, 3.8) is 0 Å². The number of hydrogen-bond acceptors (Lipinski definition) is 4. The summed E-state index contributed by atoms with van der Waals surface area (Å²) in [4.78, 5) is 17.9. The third-order valence-electron chi connectivity index (χ3n) is 4.10. The Bertz CT molecular complexity index is 1080. The van der Waals surface area contributed by atoms with Crippen molar-refractivity contribution in [1.82, 2.24) is 19.7 Å². The highest BCUT2D eigenvalue weighted by Crippen LogP contribution is 2.32. The maximum absolute atomic E-state index is 14.7. The second-order valence-corrected chi connectivity index (χ2v) is 9.96. The van der Waals surface area contributed by atoms with Crippen LogP contribution in [0.2, 0.25) is 10.2 Å². The van der Waals surface area contributed by atoms with E-state index in [1.165, 1.54) is 27.4 Å². The number of carboxylic acid groups (broad SMARTS) is 1. The number of halogens is 3. The maximum atomic E-state index is 14.7. The molecule has 1 amide bonds. The van der Waals surface area contributed by atoms with E-state index < -0.39 is 11.9 Å². The molecule has 0 spiro atoms. The van der Waals surface area contributed by atoms with Crippen molar-refractivity contribution in [3.05, 3.63) is 64.3 Å². The van der Waals surface area contributed by atoms with Crippen molar-refractivity contribution < 1.29 is 14.3 Å². The van der Waals surface area contributed by atoms with Gasteiger partial charge >= 0.3 is 6.09 Å². The van der Waals surface area contributed by atoms with E-state index in [4.69, 9.17) is 23.2 Å². The topological polar surface area (TPSA) is 71.2 Å². The Morgan fingerprint density at radius 2 is 2.00 bits per heavy atom. The lowest BCUT2D eigenvalue weighted by molar-refractivity contribution is 0.122. The van der Waals surface area contributed by atoms with Crippen molar-refractivity contribution in [3.8, 4) is 5.69 Å². The van der Waals surface area contributed by atoms with Crippen LogP contribution in [0.25, 0.3) is 5.69 Å². The molecule has 10 heteroatoms. The Kier molecular flexibility index (Phi) is 7.13. The molecule has 0 bridgehead atoms. The molecule has 1 aromatic carbocycles. The first-order valence-electron chi connectivity index (χ1n) is 9.34. The Labute approximate surface area is 194 Å². The molecule has 164 valence electrons. The van der Waals surface area contributed by atoms with E-state index in [2.05, 4.69) is 10.1 Å². The highest BCUT2D eigenvalue weighted by atomic mass is 35.5. The van der Waals surface area contributed by atoms with Gasteiger partial charge in [0.1, 0.15) is 15.9 Å². The smallest absolute Gasteiger partial charge is 0.407 e. The summed E-state index contributed by atoms with van der Waals surface area (Å²) < 4.78 is 16.2. The molecular weight excluding hydrogens is 462 g/mol. The maximum Gasteiger partial charge on any atom is 0.407 e. The molecule has 6 nitrogen and oxygen atoms in total. The van der Waals surface area contributed by atoms with Gasteiger partial charge in [0.2, 0.25) is 0 Å². The largest absolute Gasteiger partial charge is 0.465 e. The van der Waals surface area contributed by atoms with E-state index in [1.807, 2.05) is 20.8 Å². The van der Waals surface area contributed by atoms with Gasteiger partial charge in [0, 0.05) is 17.6 Å². The van der Waals surface area contributed by atoms with E-state index in [1.54, 1.807) is 36.5 Å². The molecule has 31 heavy (non-hydrogen) atoms. The fourth-order valence-corrected chi connectivity index (χ4v) is 4.08. The number of carbonyl (C=O) groups is 1. The number of benzene rings is 1. The summed E-state index contributed by atoms with van der Waals surface area (Å²) in [5.74, 6) is -0.611. The van der Waals surface area contributed by atoms with Crippen LogP contribution in [0.15, 0.2) is 52.5 Å². The molecule has 0 fully saturated rings. The van der Waals surface area contributed by atoms with E-state index in [-0.39, 0.29) is 22.7 Å². The van der Waals surface area contributed by atoms with Gasteiger partial charge in [0.25, 0.3) is 0 Å². The van der Waals surface area contributed by atoms with Gasteiger partial charge in [-0.25, -0.2) is 18.9 Å². The summed E-state index contributed by atoms with van der Waals surface area (Å²) >= 11 is 13.1. The molecule has 0 aliphatic rings. The third-order valence-corrected chi connectivity index (χ3v) is 5.59. The second-order valence-electron chi connectivity index (χ2n) is 8.08. The first kappa shape index (κ1) is 23.4. The minimum Gasteiger partial charge on any atom is -0.465 e. The van der Waals surface area contributed by atoms with Gasteiger partial charge in [-0.1, -0.05) is 61.8 Å². The minimum atomic E-state index is -1.05. The number of pyridine rings is 1. The third kappa shape index (κ3) is 6.12. The molecule has 0 atom stereocenters. The van der Waals surface area contributed by atoms with Crippen LogP contribution >= 0.6 is 35.0 Å². The van der Waals surface area contributed by atoms with Crippen LogP contribution < -0.4 is 0 Å². The number of nitrogens with zero attached hydrogens (tertiary/aromatic N) is 4. The molecule has 0 aliphatic carbocycles. The van der Waals surface area contributed by atoms with Crippen molar-refractivity contribution in [2.45, 2.75) is 37.2 Å². The second kappa shape index (κ2) is 9.46. The SMILES string of the molecule is CC(C)(C)CN(Cc1cc(Sc2ccc(Cl)nc2)n(-c2cccc(Cl)c2F)n1)C(=O)O. The number of amides is 1. The average molecular weight is 483 g/mol. The van der Waals surface area contributed by atoms with E-state index >= 15 is 0 Å². The number of hydrogen-bond donors (Lipinski definition) is 1. The molecule has 3 rings (SSSR count). The molecule has 2 heterocycles. The van der Waals surface area contributed by atoms with Crippen LogP contribution in [-0.2, 0) is 6.54 Å². The predicted octanol–water partition coefficient (Wildman–Crippen LogP) is 6.39. The standard InChI is InChI=1S/C21H21Cl2FN4O2S/c1-21(2,3)12-27(20(29)30)11-13-9-18(31-14-7-8-17(23)25-10-14)28(26-13)16-6-4-5-15(22)19(16)24/h4-10H,11-12H2,1-3H3,(H,29,30). The van der Waals surface area contributed by atoms with Crippen LogP contribution in [0.3, 0.4) is 0 Å². The van der Waals surface area contributed by atoms with Crippen LogP contribution in [0, 0.1) is 11.2 Å². The molecule has 1 N–H and O–H groups in total. The summed E-state index contributed by atoms with van der Waals surface area (Å²) in [7, 11) is 0. The lowest BCUT2D eigenvalue weighted by Gasteiger charge is -2.27. The summed E-state index contributed by atoms with van der Waals surface area (Å²) in [6.07, 6.45) is 0.552. The zero-order chi connectivity index (χ0) is 22.8. The van der Waals surface area contributed by atoms with E-state index in [9.17, 15) is 14.3 Å². The van der Waals surface area contributed by atoms with Crippen molar-refractivity contribution >= 4 is 41.1 Å². The molecule has 0 saturated heterocycles. The normalized spacial score (nSPS) is 11.5. The predicted molar refractivity (Wildman–Crippen MR) is 120 cm³/mol. The lowest BCUT2D eigenvalue weighted by Crippen LogP contribution is -2.36. The summed E-state index contributed by atoms with van der Waals surface area (Å²) in [6, 6.07) is 9.82. The zero-order valence-electron chi connectivity index (χ0n) is 17.1. The number of rotatable bonds is 6. The molecule has 0 radical (unpaired) electrons. The van der Waals surface area contributed by atoms with Crippen LogP contribution in [0.5, 0.6) is 0 Å². The van der Waals surface area contributed by atoms with E-state index in [0.29, 0.717) is 22.4 Å². The van der Waals surface area contributed by atoms with Crippen molar-refractivity contribution in [2.75, 3.05) is 6.54 Å². The Morgan fingerprint density at radius 1 is 1.26 bits per heavy atom. The molecule has 0 saturated carbocycles. The van der Waals surface area contributed by atoms with Gasteiger partial charge in [0.15, 0.2) is 5.82 Å². The highest BCUT2D eigenvalue weighted by molar-refractivity contribution is 7.99. The van der Waals surface area contributed by atoms with E-state index in [0.717, 1.165) is 4.90 Å². The fourth-order valence-electron chi connectivity index (χ4n) is 2.89. The van der Waals surface area contributed by atoms with Gasteiger partial charge in [-0.05, 0) is 35.7 Å². The molecule has 0 aliphatic heterocycles. The van der Waals surface area contributed by atoms with Crippen LogP contribution in [-0.4, -0.2) is 37.4 Å². The minimum absolute atomic E-state index is 0.0291. The zero-order valence-corrected chi connectivity index (χ0v) is 19.5. The van der Waals surface area contributed by atoms with Crippen molar-refractivity contribution in [1.29, 1.82) is 0 Å². The summed E-state index contributed by atoms with van der Waals surface area (Å²) in [5.41, 5.74) is 0.420.